The summed E-state index contributed by atoms with van der Waals surface area (Å²) in [5.74, 6) is 0.968. The Balaban J connectivity index is 1.89. The first-order chi connectivity index (χ1) is 9.44. The first kappa shape index (κ1) is 15.1. The molecule has 0 spiro atoms. The number of thiophene rings is 1. The van der Waals surface area contributed by atoms with Gasteiger partial charge in [-0.15, -0.1) is 11.3 Å². The van der Waals surface area contributed by atoms with Crippen LogP contribution >= 0.6 is 11.3 Å². The molecule has 1 aromatic heterocycles. The number of benzene rings is 1. The van der Waals surface area contributed by atoms with Crippen LogP contribution in [0.15, 0.2) is 36.4 Å². The third-order valence-electron chi connectivity index (χ3n) is 2.97. The molecular formula is C17H23NOS. The standard InChI is InChI=1S/C17H23NOS/c1-13-7-5-6-8-16(13)19-12-15-10-9-14(20-15)11-18-17(2,3)4/h5-10,18H,11-12H2,1-4H3. The minimum absolute atomic E-state index is 0.155. The van der Waals surface area contributed by atoms with Crippen molar-refractivity contribution in [3.05, 3.63) is 51.7 Å². The third-order valence-corrected chi connectivity index (χ3v) is 4.03. The first-order valence-electron chi connectivity index (χ1n) is 6.95. The second kappa shape index (κ2) is 6.42. The van der Waals surface area contributed by atoms with Crippen LogP contribution in [0.2, 0.25) is 0 Å². The lowest BCUT2D eigenvalue weighted by Crippen LogP contribution is -2.34. The molecule has 0 aliphatic carbocycles. The van der Waals surface area contributed by atoms with Crippen molar-refractivity contribution in [2.45, 2.75) is 46.4 Å². The molecular weight excluding hydrogens is 266 g/mol. The second-order valence-corrected chi connectivity index (χ2v) is 7.28. The number of ether oxygens (including phenoxy) is 1. The van der Waals surface area contributed by atoms with E-state index in [4.69, 9.17) is 4.74 Å². The number of nitrogens with one attached hydrogen (secondary N) is 1. The maximum Gasteiger partial charge on any atom is 0.122 e. The monoisotopic (exact) mass is 289 g/mol. The normalized spacial score (nSPS) is 11.6. The molecule has 20 heavy (non-hydrogen) atoms. The summed E-state index contributed by atoms with van der Waals surface area (Å²) >= 11 is 1.81. The van der Waals surface area contributed by atoms with E-state index >= 15 is 0 Å². The Hall–Kier alpha value is -1.32. The van der Waals surface area contributed by atoms with E-state index in [0.717, 1.165) is 12.3 Å². The zero-order chi connectivity index (χ0) is 14.6. The maximum absolute atomic E-state index is 5.87. The van der Waals surface area contributed by atoms with E-state index in [1.54, 1.807) is 0 Å². The van der Waals surface area contributed by atoms with Gasteiger partial charge in [0, 0.05) is 21.8 Å². The third kappa shape index (κ3) is 4.66. The highest BCUT2D eigenvalue weighted by atomic mass is 32.1. The quantitative estimate of drug-likeness (QED) is 0.873. The summed E-state index contributed by atoms with van der Waals surface area (Å²) in [6, 6.07) is 12.5. The smallest absolute Gasteiger partial charge is 0.122 e. The molecule has 1 aromatic carbocycles. The van der Waals surface area contributed by atoms with Crippen molar-refractivity contribution in [2.24, 2.45) is 0 Å². The second-order valence-electron chi connectivity index (χ2n) is 6.03. The molecule has 0 atom stereocenters. The van der Waals surface area contributed by atoms with Gasteiger partial charge in [-0.1, -0.05) is 18.2 Å². The molecule has 0 fully saturated rings. The van der Waals surface area contributed by atoms with Crippen LogP contribution in [0, 0.1) is 6.92 Å². The fourth-order valence-electron chi connectivity index (χ4n) is 1.81. The highest BCUT2D eigenvalue weighted by Gasteiger charge is 2.09. The fourth-order valence-corrected chi connectivity index (χ4v) is 2.69. The maximum atomic E-state index is 5.87. The van der Waals surface area contributed by atoms with Crippen LogP contribution in [0.1, 0.15) is 36.1 Å². The zero-order valence-corrected chi connectivity index (χ0v) is 13.5. The molecule has 1 heterocycles. The lowest BCUT2D eigenvalue weighted by Gasteiger charge is -2.19. The van der Waals surface area contributed by atoms with Crippen molar-refractivity contribution in [2.75, 3.05) is 0 Å². The molecule has 2 nitrogen and oxygen atoms in total. The molecule has 0 aliphatic heterocycles. The van der Waals surface area contributed by atoms with E-state index in [1.165, 1.54) is 15.3 Å². The summed E-state index contributed by atoms with van der Waals surface area (Å²) < 4.78 is 5.87. The van der Waals surface area contributed by atoms with E-state index in [1.807, 2.05) is 29.5 Å². The summed E-state index contributed by atoms with van der Waals surface area (Å²) in [5, 5.41) is 3.50. The molecule has 0 bridgehead atoms. The summed E-state index contributed by atoms with van der Waals surface area (Å²) in [5.41, 5.74) is 1.33. The van der Waals surface area contributed by atoms with E-state index in [0.29, 0.717) is 6.61 Å². The number of para-hydroxylation sites is 1. The number of hydrogen-bond donors (Lipinski definition) is 1. The number of aryl methyl sites for hydroxylation is 1. The first-order valence-corrected chi connectivity index (χ1v) is 7.77. The topological polar surface area (TPSA) is 21.3 Å². The molecule has 0 aliphatic rings. The van der Waals surface area contributed by atoms with Gasteiger partial charge in [0.1, 0.15) is 12.4 Å². The van der Waals surface area contributed by atoms with Gasteiger partial charge < -0.3 is 10.1 Å². The van der Waals surface area contributed by atoms with Gasteiger partial charge in [0.05, 0.1) is 0 Å². The van der Waals surface area contributed by atoms with E-state index in [-0.39, 0.29) is 5.54 Å². The van der Waals surface area contributed by atoms with E-state index in [9.17, 15) is 0 Å². The van der Waals surface area contributed by atoms with Gasteiger partial charge in [0.25, 0.3) is 0 Å². The van der Waals surface area contributed by atoms with Crippen molar-refractivity contribution in [1.82, 2.24) is 5.32 Å². The SMILES string of the molecule is Cc1ccccc1OCc1ccc(CNC(C)(C)C)s1. The molecule has 0 saturated carbocycles. The van der Waals surface area contributed by atoms with Gasteiger partial charge in [-0.05, 0) is 51.5 Å². The fraction of sp³-hybridized carbons (Fsp3) is 0.412. The van der Waals surface area contributed by atoms with Crippen LogP contribution in [-0.2, 0) is 13.2 Å². The predicted octanol–water partition coefficient (Wildman–Crippen LogP) is 4.52. The van der Waals surface area contributed by atoms with Crippen molar-refractivity contribution in [3.63, 3.8) is 0 Å². The highest BCUT2D eigenvalue weighted by molar-refractivity contribution is 7.11. The van der Waals surface area contributed by atoms with Crippen LogP contribution in [0.4, 0.5) is 0 Å². The Bertz CT molecular complexity index is 554. The zero-order valence-electron chi connectivity index (χ0n) is 12.7. The Morgan fingerprint density at radius 2 is 1.75 bits per heavy atom. The van der Waals surface area contributed by atoms with Crippen molar-refractivity contribution in [1.29, 1.82) is 0 Å². The minimum atomic E-state index is 0.155. The molecule has 2 aromatic rings. The molecule has 3 heteroatoms. The van der Waals surface area contributed by atoms with Crippen LogP contribution in [-0.4, -0.2) is 5.54 Å². The minimum Gasteiger partial charge on any atom is -0.488 e. The van der Waals surface area contributed by atoms with E-state index < -0.39 is 0 Å². The van der Waals surface area contributed by atoms with Gasteiger partial charge in [-0.3, -0.25) is 0 Å². The van der Waals surface area contributed by atoms with Crippen molar-refractivity contribution >= 4 is 11.3 Å². The average molecular weight is 289 g/mol. The van der Waals surface area contributed by atoms with Crippen molar-refractivity contribution in [3.8, 4) is 5.75 Å². The lowest BCUT2D eigenvalue weighted by molar-refractivity contribution is 0.307. The highest BCUT2D eigenvalue weighted by Crippen LogP contribution is 2.22. The predicted molar refractivity (Wildman–Crippen MR) is 86.4 cm³/mol. The molecule has 0 radical (unpaired) electrons. The van der Waals surface area contributed by atoms with Gasteiger partial charge in [0.15, 0.2) is 0 Å². The van der Waals surface area contributed by atoms with E-state index in [2.05, 4.69) is 51.2 Å². The molecule has 0 amide bonds. The van der Waals surface area contributed by atoms with Gasteiger partial charge in [-0.2, -0.15) is 0 Å². The lowest BCUT2D eigenvalue weighted by atomic mass is 10.1. The number of hydrogen-bond acceptors (Lipinski definition) is 3. The molecule has 0 saturated heterocycles. The largest absolute Gasteiger partial charge is 0.488 e. The summed E-state index contributed by atoms with van der Waals surface area (Å²) in [7, 11) is 0. The van der Waals surface area contributed by atoms with Crippen molar-refractivity contribution < 1.29 is 4.74 Å². The summed E-state index contributed by atoms with van der Waals surface area (Å²) in [4.78, 5) is 2.61. The van der Waals surface area contributed by atoms with Crippen LogP contribution in [0.3, 0.4) is 0 Å². The Labute approximate surface area is 125 Å². The van der Waals surface area contributed by atoms with Gasteiger partial charge in [0.2, 0.25) is 0 Å². The summed E-state index contributed by atoms with van der Waals surface area (Å²) in [6.07, 6.45) is 0. The van der Waals surface area contributed by atoms with Gasteiger partial charge >= 0.3 is 0 Å². The molecule has 2 rings (SSSR count). The Morgan fingerprint density at radius 1 is 1.05 bits per heavy atom. The van der Waals surface area contributed by atoms with Gasteiger partial charge in [-0.25, -0.2) is 0 Å². The Morgan fingerprint density at radius 3 is 2.45 bits per heavy atom. The molecule has 108 valence electrons. The summed E-state index contributed by atoms with van der Waals surface area (Å²) in [6.45, 7) is 10.2. The van der Waals surface area contributed by atoms with Crippen LogP contribution < -0.4 is 10.1 Å². The van der Waals surface area contributed by atoms with Crippen LogP contribution in [0.5, 0.6) is 5.75 Å². The molecule has 0 unspecified atom stereocenters. The average Bonchev–Trinajstić information content (AvgIpc) is 2.83. The molecule has 1 N–H and O–H groups in total. The number of rotatable bonds is 5. The van der Waals surface area contributed by atoms with Crippen LogP contribution in [0.25, 0.3) is 0 Å². The Kier molecular flexibility index (Phi) is 4.84.